The standard InChI is InChI=1S/C18H25N13O/c19-7-1-2(10(22)14(26)13(25)9(1)21)8(20)4-3(7)17(29)5-6(18(4,30)31(17)32)12(24)16(28)15(27)11(5)23/h31H,19-30H2/t17-,18+. The van der Waals surface area contributed by atoms with Crippen molar-refractivity contribution in [2.75, 3.05) is 57.3 Å². The van der Waals surface area contributed by atoms with Crippen molar-refractivity contribution < 1.29 is 5.06 Å². The number of nitrogen functional groups attached to an aromatic ring is 10. The number of benzene rings is 3. The topological polar surface area (TPSA) is 340 Å². The van der Waals surface area contributed by atoms with Crippen LogP contribution >= 0.6 is 0 Å². The largest absolute Gasteiger partial charge is 0.631 e. The summed E-state index contributed by atoms with van der Waals surface area (Å²) in [5.74, 6) is 0. The van der Waals surface area contributed by atoms with Crippen LogP contribution in [0.15, 0.2) is 0 Å². The molecule has 14 heteroatoms. The number of nitrogens with two attached hydrogens (primary N) is 12. The van der Waals surface area contributed by atoms with Crippen LogP contribution < -0.4 is 73.9 Å². The summed E-state index contributed by atoms with van der Waals surface area (Å²) in [7, 11) is 0. The van der Waals surface area contributed by atoms with Gasteiger partial charge in [0.15, 0.2) is 0 Å². The molecule has 0 saturated heterocycles. The van der Waals surface area contributed by atoms with Crippen molar-refractivity contribution in [2.45, 2.75) is 11.3 Å². The first-order valence-electron chi connectivity index (χ1n) is 9.42. The summed E-state index contributed by atoms with van der Waals surface area (Å²) in [5, 5.41) is 13.5. The number of anilines is 10. The lowest BCUT2D eigenvalue weighted by atomic mass is 9.74. The molecule has 0 radical (unpaired) electrons. The smallest absolute Gasteiger partial charge is 0.209 e. The summed E-state index contributed by atoms with van der Waals surface area (Å²) in [4.78, 5) is 0. The minimum Gasteiger partial charge on any atom is -0.631 e. The summed E-state index contributed by atoms with van der Waals surface area (Å²) >= 11 is 0. The van der Waals surface area contributed by atoms with Crippen LogP contribution in [0.1, 0.15) is 22.3 Å². The predicted octanol–water partition coefficient (Wildman–Crippen LogP) is -3.31. The molecule has 168 valence electrons. The van der Waals surface area contributed by atoms with Gasteiger partial charge < -0.3 is 67.6 Å². The third-order valence-electron chi connectivity index (χ3n) is 6.94. The summed E-state index contributed by atoms with van der Waals surface area (Å²) in [6.45, 7) is 0. The van der Waals surface area contributed by atoms with Crippen LogP contribution in [0.4, 0.5) is 56.9 Å². The molecule has 0 saturated carbocycles. The zero-order chi connectivity index (χ0) is 23.8. The Morgan fingerprint density at radius 3 is 0.969 bits per heavy atom. The molecule has 0 aromatic heterocycles. The molecule has 3 aromatic carbocycles. The number of quaternary nitrogens is 1. The summed E-state index contributed by atoms with van der Waals surface area (Å²) in [6.07, 6.45) is 0. The van der Waals surface area contributed by atoms with Gasteiger partial charge in [0.1, 0.15) is 0 Å². The lowest BCUT2D eigenvalue weighted by Crippen LogP contribution is -3.20. The third kappa shape index (κ3) is 1.59. The van der Waals surface area contributed by atoms with E-state index in [-0.39, 0.29) is 89.9 Å². The first kappa shape index (κ1) is 19.7. The van der Waals surface area contributed by atoms with Gasteiger partial charge in [0.25, 0.3) is 0 Å². The Balaban J connectivity index is 2.09. The van der Waals surface area contributed by atoms with Crippen LogP contribution in [0, 0.1) is 5.21 Å². The van der Waals surface area contributed by atoms with Gasteiger partial charge >= 0.3 is 0 Å². The molecule has 2 aliphatic rings. The Labute approximate surface area is 180 Å². The number of fused-ring (bicyclic) bond motifs is 9. The van der Waals surface area contributed by atoms with Crippen molar-refractivity contribution in [1.29, 1.82) is 0 Å². The normalized spacial score (nSPS) is 25.3. The molecule has 1 unspecified atom stereocenters. The van der Waals surface area contributed by atoms with E-state index >= 15 is 0 Å². The number of hydrogen-bond donors (Lipinski definition) is 13. The SMILES string of the molecule is Nc1c(N)c(N)c2c(c1N)[C@@]1(N)c3c(c(N)c4c(N)c(N)c(N)c(N)c4c3N)[C@]2(N)[NH+]1[O-]. The van der Waals surface area contributed by atoms with Crippen LogP contribution in [0.5, 0.6) is 0 Å². The molecule has 0 amide bonds. The van der Waals surface area contributed by atoms with E-state index in [1.54, 1.807) is 0 Å². The van der Waals surface area contributed by atoms with Gasteiger partial charge in [-0.15, -0.1) is 0 Å². The maximum Gasteiger partial charge on any atom is 0.209 e. The average Bonchev–Trinajstić information content (AvgIpc) is 3.04. The highest BCUT2D eigenvalue weighted by Crippen LogP contribution is 2.60. The van der Waals surface area contributed by atoms with Crippen molar-refractivity contribution in [1.82, 2.24) is 0 Å². The molecule has 0 fully saturated rings. The van der Waals surface area contributed by atoms with E-state index in [9.17, 15) is 5.21 Å². The zero-order valence-electron chi connectivity index (χ0n) is 16.8. The lowest BCUT2D eigenvalue weighted by Gasteiger charge is -2.35. The quantitative estimate of drug-likeness (QED) is 0.0927. The second-order valence-corrected chi connectivity index (χ2v) is 8.33. The van der Waals surface area contributed by atoms with Crippen molar-refractivity contribution in [2.24, 2.45) is 11.5 Å². The molecule has 14 nitrogen and oxygen atoms in total. The molecular weight excluding hydrogens is 414 g/mol. The van der Waals surface area contributed by atoms with E-state index < -0.39 is 16.4 Å². The van der Waals surface area contributed by atoms with Gasteiger partial charge in [-0.3, -0.25) is 11.5 Å². The molecule has 0 spiro atoms. The van der Waals surface area contributed by atoms with Gasteiger partial charge in [-0.2, -0.15) is 0 Å². The van der Waals surface area contributed by atoms with Gasteiger partial charge in [0.05, 0.1) is 79.1 Å². The second-order valence-electron chi connectivity index (χ2n) is 8.33. The molecule has 3 atom stereocenters. The number of nitrogens with one attached hydrogen (secondary N) is 1. The number of hydroxylamine groups is 2. The van der Waals surface area contributed by atoms with Gasteiger partial charge in [0, 0.05) is 10.8 Å². The molecule has 2 aliphatic heterocycles. The van der Waals surface area contributed by atoms with Crippen molar-refractivity contribution >= 4 is 67.6 Å². The molecular formula is C18H25N13O. The minimum atomic E-state index is -1.91. The molecule has 2 bridgehead atoms. The van der Waals surface area contributed by atoms with Crippen LogP contribution in [0.2, 0.25) is 0 Å². The minimum absolute atomic E-state index is 0.0160. The van der Waals surface area contributed by atoms with E-state index in [1.807, 2.05) is 0 Å². The Morgan fingerprint density at radius 2 is 0.656 bits per heavy atom. The molecule has 0 aliphatic carbocycles. The fraction of sp³-hybridized carbons (Fsp3) is 0.111. The highest BCUT2D eigenvalue weighted by molar-refractivity contribution is 6.22. The fourth-order valence-corrected chi connectivity index (χ4v) is 5.39. The van der Waals surface area contributed by atoms with Crippen LogP contribution in [0.25, 0.3) is 10.8 Å². The molecule has 5 rings (SSSR count). The fourth-order valence-electron chi connectivity index (χ4n) is 5.39. The number of rotatable bonds is 0. The lowest BCUT2D eigenvalue weighted by molar-refractivity contribution is -0.941. The zero-order valence-corrected chi connectivity index (χ0v) is 16.8. The van der Waals surface area contributed by atoms with E-state index in [2.05, 4.69) is 0 Å². The van der Waals surface area contributed by atoms with Crippen LogP contribution in [0.3, 0.4) is 0 Å². The second kappa shape index (κ2) is 5.14. The first-order chi connectivity index (χ1) is 14.7. The Bertz CT molecular complexity index is 1330. The molecule has 2 heterocycles. The average molecular weight is 439 g/mol. The van der Waals surface area contributed by atoms with Crippen LogP contribution in [-0.4, -0.2) is 0 Å². The van der Waals surface area contributed by atoms with Gasteiger partial charge in [-0.05, 0) is 0 Å². The van der Waals surface area contributed by atoms with Gasteiger partial charge in [-0.1, -0.05) is 0 Å². The first-order valence-corrected chi connectivity index (χ1v) is 9.42. The molecule has 3 aromatic rings. The molecule has 25 N–H and O–H groups in total. The number of hydrogen-bond acceptors (Lipinski definition) is 13. The highest BCUT2D eigenvalue weighted by atomic mass is 16.5. The van der Waals surface area contributed by atoms with Gasteiger partial charge in [0.2, 0.25) is 11.3 Å². The van der Waals surface area contributed by atoms with Crippen molar-refractivity contribution in [3.8, 4) is 0 Å². The van der Waals surface area contributed by atoms with E-state index in [0.717, 1.165) is 0 Å². The van der Waals surface area contributed by atoms with E-state index in [0.29, 0.717) is 0 Å². The maximum absolute atomic E-state index is 13.8. The third-order valence-corrected chi connectivity index (χ3v) is 6.94. The van der Waals surface area contributed by atoms with E-state index in [4.69, 9.17) is 68.8 Å². The Morgan fingerprint density at radius 1 is 0.406 bits per heavy atom. The maximum atomic E-state index is 13.8. The summed E-state index contributed by atoms with van der Waals surface area (Å²) in [6, 6.07) is 0. The highest BCUT2D eigenvalue weighted by Gasteiger charge is 2.70. The van der Waals surface area contributed by atoms with Crippen LogP contribution in [-0.2, 0) is 11.3 Å². The Kier molecular flexibility index (Phi) is 3.17. The van der Waals surface area contributed by atoms with E-state index in [1.165, 1.54) is 0 Å². The monoisotopic (exact) mass is 439 g/mol. The van der Waals surface area contributed by atoms with Crippen molar-refractivity contribution in [3.05, 3.63) is 27.5 Å². The summed E-state index contributed by atoms with van der Waals surface area (Å²) in [5.41, 5.74) is 72.3. The molecule has 32 heavy (non-hydrogen) atoms. The van der Waals surface area contributed by atoms with Crippen molar-refractivity contribution in [3.63, 3.8) is 0 Å². The van der Waals surface area contributed by atoms with Gasteiger partial charge in [-0.25, -0.2) is 0 Å². The summed E-state index contributed by atoms with van der Waals surface area (Å²) < 4.78 is 0. The predicted molar refractivity (Wildman–Crippen MR) is 129 cm³/mol. The Hall–Kier alpha value is -4.24.